The van der Waals surface area contributed by atoms with E-state index in [-0.39, 0.29) is 0 Å². The van der Waals surface area contributed by atoms with Gasteiger partial charge in [0.1, 0.15) is 0 Å². The molecule has 0 amide bonds. The van der Waals surface area contributed by atoms with Crippen LogP contribution in [0.4, 0.5) is 34.1 Å². The summed E-state index contributed by atoms with van der Waals surface area (Å²) in [6, 6.07) is 99.7. The zero-order valence-corrected chi connectivity index (χ0v) is 39.7. The number of anilines is 6. The number of rotatable bonds is 9. The van der Waals surface area contributed by atoms with Crippen LogP contribution in [-0.2, 0) is 5.41 Å². The van der Waals surface area contributed by atoms with Crippen LogP contribution in [-0.4, -0.2) is 0 Å². The summed E-state index contributed by atoms with van der Waals surface area (Å²) < 4.78 is 0. The summed E-state index contributed by atoms with van der Waals surface area (Å²) >= 11 is 0. The van der Waals surface area contributed by atoms with Gasteiger partial charge in [0, 0.05) is 34.1 Å². The number of para-hydroxylation sites is 4. The summed E-state index contributed by atoms with van der Waals surface area (Å²) in [4.78, 5) is 4.66. The fourth-order valence-electron chi connectivity index (χ4n) is 11.4. The Hall–Kier alpha value is -10.0. The molecular weight excluding hydrogens is 885 g/mol. The predicted octanol–water partition coefficient (Wildman–Crippen LogP) is 17.7. The van der Waals surface area contributed by atoms with Gasteiger partial charge in [0.15, 0.2) is 0 Å². The molecule has 11 aromatic carbocycles. The van der Waals surface area contributed by atoms with E-state index in [9.17, 15) is 10.5 Å². The van der Waals surface area contributed by atoms with Gasteiger partial charge in [-0.1, -0.05) is 152 Å². The predicted molar refractivity (Wildman–Crippen MR) is 298 cm³/mol. The lowest BCUT2D eigenvalue weighted by Gasteiger charge is -2.33. The van der Waals surface area contributed by atoms with E-state index in [0.717, 1.165) is 67.5 Å². The number of nitrogens with zero attached hydrogens (tertiary/aromatic N) is 4. The van der Waals surface area contributed by atoms with E-state index in [1.165, 1.54) is 44.5 Å². The Labute approximate surface area is 425 Å². The third-order valence-corrected chi connectivity index (χ3v) is 14.7. The molecule has 2 aliphatic carbocycles. The molecule has 0 aliphatic heterocycles. The molecule has 1 spiro atoms. The van der Waals surface area contributed by atoms with Gasteiger partial charge in [0.05, 0.1) is 28.7 Å². The Kier molecular flexibility index (Phi) is 10.5. The van der Waals surface area contributed by atoms with E-state index >= 15 is 0 Å². The Balaban J connectivity index is 1.06. The highest BCUT2D eigenvalue weighted by molar-refractivity contribution is 5.99. The molecule has 0 saturated heterocycles. The monoisotopic (exact) mass is 928 g/mol. The van der Waals surface area contributed by atoms with Crippen molar-refractivity contribution in [2.24, 2.45) is 0 Å². The third-order valence-electron chi connectivity index (χ3n) is 14.7. The molecular formula is C69H44N4. The summed E-state index contributed by atoms with van der Waals surface area (Å²) in [6.07, 6.45) is 0. The molecule has 1 atom stereocenters. The maximum Gasteiger partial charge on any atom is 0.0991 e. The molecule has 0 N–H and O–H groups in total. The first-order valence-electron chi connectivity index (χ1n) is 24.6. The second-order valence-electron chi connectivity index (χ2n) is 18.7. The molecule has 2 aliphatic rings. The highest BCUT2D eigenvalue weighted by atomic mass is 15.1. The lowest BCUT2D eigenvalue weighted by Crippen LogP contribution is -2.26. The second-order valence-corrected chi connectivity index (χ2v) is 18.7. The molecule has 0 radical (unpaired) electrons. The van der Waals surface area contributed by atoms with Gasteiger partial charge < -0.3 is 9.80 Å². The van der Waals surface area contributed by atoms with Gasteiger partial charge in [-0.2, -0.15) is 10.5 Å². The summed E-state index contributed by atoms with van der Waals surface area (Å²) in [5.41, 5.74) is 23.0. The van der Waals surface area contributed by atoms with E-state index in [2.05, 4.69) is 265 Å². The molecule has 4 heteroatoms. The van der Waals surface area contributed by atoms with Crippen LogP contribution in [0.1, 0.15) is 33.4 Å². The van der Waals surface area contributed by atoms with Crippen molar-refractivity contribution in [1.29, 1.82) is 10.5 Å². The molecule has 73 heavy (non-hydrogen) atoms. The quantitative estimate of drug-likeness (QED) is 0.145. The molecule has 4 nitrogen and oxygen atoms in total. The highest BCUT2D eigenvalue weighted by Crippen LogP contribution is 2.64. The van der Waals surface area contributed by atoms with E-state index in [0.29, 0.717) is 11.1 Å². The van der Waals surface area contributed by atoms with Crippen LogP contribution in [0.3, 0.4) is 0 Å². The van der Waals surface area contributed by atoms with E-state index in [1.54, 1.807) is 0 Å². The first-order chi connectivity index (χ1) is 36.1. The smallest absolute Gasteiger partial charge is 0.0991 e. The van der Waals surface area contributed by atoms with Gasteiger partial charge in [0.2, 0.25) is 0 Å². The molecule has 0 aromatic heterocycles. The Morgan fingerprint density at radius 3 is 0.849 bits per heavy atom. The first-order valence-corrected chi connectivity index (χ1v) is 24.6. The van der Waals surface area contributed by atoms with E-state index < -0.39 is 5.41 Å². The maximum atomic E-state index is 9.76. The van der Waals surface area contributed by atoms with Crippen molar-refractivity contribution in [3.63, 3.8) is 0 Å². The van der Waals surface area contributed by atoms with Crippen molar-refractivity contribution in [2.45, 2.75) is 5.41 Å². The minimum absolute atomic E-state index is 0.630. The number of hydrogen-bond donors (Lipinski definition) is 0. The molecule has 0 saturated carbocycles. The Morgan fingerprint density at radius 2 is 0.507 bits per heavy atom. The van der Waals surface area contributed by atoms with Crippen LogP contribution in [0.25, 0.3) is 55.6 Å². The van der Waals surface area contributed by atoms with Gasteiger partial charge in [-0.05, 0) is 193 Å². The molecule has 0 bridgehead atoms. The van der Waals surface area contributed by atoms with Crippen molar-refractivity contribution >= 4 is 34.1 Å². The van der Waals surface area contributed by atoms with Gasteiger partial charge in [-0.25, -0.2) is 0 Å². The molecule has 11 aromatic rings. The van der Waals surface area contributed by atoms with Crippen LogP contribution in [0, 0.1) is 22.7 Å². The van der Waals surface area contributed by atoms with Crippen LogP contribution in [0.5, 0.6) is 0 Å². The average molecular weight is 929 g/mol. The fourth-order valence-corrected chi connectivity index (χ4v) is 11.4. The van der Waals surface area contributed by atoms with Crippen molar-refractivity contribution in [2.75, 3.05) is 9.80 Å². The van der Waals surface area contributed by atoms with Crippen LogP contribution in [0.15, 0.2) is 267 Å². The Bertz CT molecular complexity index is 3800. The lowest BCUT2D eigenvalue weighted by atomic mass is 9.69. The van der Waals surface area contributed by atoms with Crippen molar-refractivity contribution in [3.8, 4) is 67.8 Å². The number of nitriles is 2. The minimum Gasteiger partial charge on any atom is -0.311 e. The van der Waals surface area contributed by atoms with Gasteiger partial charge in [-0.3, -0.25) is 0 Å². The zero-order chi connectivity index (χ0) is 48.9. The van der Waals surface area contributed by atoms with Gasteiger partial charge >= 0.3 is 0 Å². The van der Waals surface area contributed by atoms with Crippen molar-refractivity contribution in [3.05, 3.63) is 300 Å². The van der Waals surface area contributed by atoms with E-state index in [1.807, 2.05) is 24.3 Å². The van der Waals surface area contributed by atoms with Crippen molar-refractivity contribution in [1.82, 2.24) is 0 Å². The molecule has 13 rings (SSSR count). The summed E-state index contributed by atoms with van der Waals surface area (Å²) in [6.45, 7) is 0. The van der Waals surface area contributed by atoms with Gasteiger partial charge in [0.25, 0.3) is 0 Å². The summed E-state index contributed by atoms with van der Waals surface area (Å²) in [5.74, 6) is 0. The van der Waals surface area contributed by atoms with Gasteiger partial charge in [-0.15, -0.1) is 0 Å². The Morgan fingerprint density at radius 1 is 0.247 bits per heavy atom. The number of benzene rings is 11. The van der Waals surface area contributed by atoms with Crippen LogP contribution >= 0.6 is 0 Å². The first kappa shape index (κ1) is 43.1. The molecule has 0 fully saturated rings. The average Bonchev–Trinajstić information content (AvgIpc) is 3.93. The van der Waals surface area contributed by atoms with Crippen LogP contribution in [0.2, 0.25) is 0 Å². The van der Waals surface area contributed by atoms with E-state index in [4.69, 9.17) is 0 Å². The molecule has 0 heterocycles. The summed E-state index contributed by atoms with van der Waals surface area (Å²) in [5, 5.41) is 19.5. The minimum atomic E-state index is -0.761. The maximum absolute atomic E-state index is 9.76. The second kappa shape index (κ2) is 17.8. The molecule has 340 valence electrons. The van der Waals surface area contributed by atoms with Crippen molar-refractivity contribution < 1.29 is 0 Å². The lowest BCUT2D eigenvalue weighted by molar-refractivity contribution is 0.794. The number of hydrogen-bond acceptors (Lipinski definition) is 4. The third kappa shape index (κ3) is 7.21. The summed E-state index contributed by atoms with van der Waals surface area (Å²) in [7, 11) is 0. The standard InChI is InChI=1S/C69H44N4/c70-45-47-21-25-49(26-22-47)52-31-37-61-62-38-33-54(51-29-34-59(35-30-51)72(55-13-5-1-6-14-55)56-15-7-2-8-16-56)43-66(62)69(65(61)41-52)67-42-53(50-27-23-48(46-71)24-28-50)32-39-63(67)64-40-36-60(44-68(64)69)73(57-17-9-3-10-18-57)58-19-11-4-12-20-58/h1-44H. The topological polar surface area (TPSA) is 54.1 Å². The van der Waals surface area contributed by atoms with Crippen LogP contribution < -0.4 is 9.80 Å². The fraction of sp³-hybridized carbons (Fsp3) is 0.0145. The SMILES string of the molecule is N#Cc1ccc(-c2ccc3c(c2)C2(c4cc(-c5ccc(N(c6ccccc6)c6ccccc6)cc5)ccc4-3)c3cc(-c4ccc(C#N)cc4)ccc3-c3ccc(N(c4ccccc4)c4ccccc4)cc32)cc1. The highest BCUT2D eigenvalue weighted by Gasteiger charge is 2.52. The molecule has 1 unspecified atom stereocenters. The zero-order valence-electron chi connectivity index (χ0n) is 39.7. The largest absolute Gasteiger partial charge is 0.311 e. The number of fused-ring (bicyclic) bond motifs is 10. The normalized spacial score (nSPS) is 13.5.